The van der Waals surface area contributed by atoms with E-state index in [1.807, 2.05) is 0 Å². The molecule has 9 nitrogen and oxygen atoms in total. The molecule has 0 aromatic heterocycles. The highest BCUT2D eigenvalue weighted by atomic mass is 16.6. The number of rotatable bonds is 7. The summed E-state index contributed by atoms with van der Waals surface area (Å²) in [7, 11) is 1.42. The van der Waals surface area contributed by atoms with Crippen LogP contribution in [0.25, 0.3) is 0 Å². The van der Waals surface area contributed by atoms with Crippen molar-refractivity contribution >= 4 is 23.2 Å². The van der Waals surface area contributed by atoms with Gasteiger partial charge in [0.1, 0.15) is 5.75 Å². The van der Waals surface area contributed by atoms with Gasteiger partial charge in [-0.3, -0.25) is 19.7 Å². The van der Waals surface area contributed by atoms with Crippen LogP contribution in [0.1, 0.15) is 6.42 Å². The number of nitrogens with one attached hydrogen (secondary N) is 1. The monoisotopic (exact) mass is 322 g/mol. The largest absolute Gasteiger partial charge is 0.494 e. The Morgan fingerprint density at radius 2 is 2.30 bits per heavy atom. The molecule has 1 aromatic carbocycles. The second-order valence-corrected chi connectivity index (χ2v) is 5.21. The normalized spacial score (nSPS) is 17.2. The van der Waals surface area contributed by atoms with Gasteiger partial charge in [0.05, 0.1) is 29.7 Å². The number of nitro benzene ring substituents is 1. The molecule has 23 heavy (non-hydrogen) atoms. The molecule has 1 aliphatic rings. The Morgan fingerprint density at radius 3 is 2.87 bits per heavy atom. The van der Waals surface area contributed by atoms with Crippen molar-refractivity contribution in [2.24, 2.45) is 11.7 Å². The van der Waals surface area contributed by atoms with Gasteiger partial charge < -0.3 is 20.7 Å². The quantitative estimate of drug-likeness (QED) is 0.550. The van der Waals surface area contributed by atoms with Crippen molar-refractivity contribution in [1.82, 2.24) is 4.90 Å². The van der Waals surface area contributed by atoms with E-state index in [2.05, 4.69) is 5.32 Å². The first kappa shape index (κ1) is 16.5. The van der Waals surface area contributed by atoms with Gasteiger partial charge in [-0.05, 0) is 6.07 Å². The summed E-state index contributed by atoms with van der Waals surface area (Å²) in [5.74, 6) is -0.657. The SMILES string of the molecule is COc1cc([N+](=O)[O-])ccc1NCCN1C[C@H](C(N)=O)CC1=O. The van der Waals surface area contributed by atoms with Gasteiger partial charge in [0, 0.05) is 32.1 Å². The fraction of sp³-hybridized carbons (Fsp3) is 0.429. The number of benzene rings is 1. The summed E-state index contributed by atoms with van der Waals surface area (Å²) in [5, 5.41) is 13.8. The molecule has 1 saturated heterocycles. The highest BCUT2D eigenvalue weighted by molar-refractivity contribution is 5.88. The minimum atomic E-state index is -0.501. The molecule has 1 aromatic rings. The number of hydrogen-bond acceptors (Lipinski definition) is 6. The zero-order valence-electron chi connectivity index (χ0n) is 12.7. The molecule has 3 N–H and O–H groups in total. The number of nitro groups is 1. The fourth-order valence-corrected chi connectivity index (χ4v) is 2.44. The molecule has 0 bridgehead atoms. The first-order valence-corrected chi connectivity index (χ1v) is 7.05. The van der Waals surface area contributed by atoms with E-state index in [4.69, 9.17) is 10.5 Å². The Balaban J connectivity index is 1.93. The van der Waals surface area contributed by atoms with Gasteiger partial charge in [-0.15, -0.1) is 0 Å². The summed E-state index contributed by atoms with van der Waals surface area (Å²) in [6.45, 7) is 1.15. The third kappa shape index (κ3) is 3.87. The summed E-state index contributed by atoms with van der Waals surface area (Å²) in [5.41, 5.74) is 5.74. The van der Waals surface area contributed by atoms with E-state index in [0.717, 1.165) is 0 Å². The van der Waals surface area contributed by atoms with E-state index in [0.29, 0.717) is 31.1 Å². The van der Waals surface area contributed by atoms with Crippen LogP contribution in [-0.2, 0) is 9.59 Å². The molecule has 2 amide bonds. The summed E-state index contributed by atoms with van der Waals surface area (Å²) in [6.07, 6.45) is 0.149. The predicted molar refractivity (Wildman–Crippen MR) is 82.0 cm³/mol. The first-order valence-electron chi connectivity index (χ1n) is 7.05. The number of carbonyl (C=O) groups excluding carboxylic acids is 2. The summed E-state index contributed by atoms with van der Waals surface area (Å²) >= 11 is 0. The van der Waals surface area contributed by atoms with Gasteiger partial charge in [-0.2, -0.15) is 0 Å². The molecular formula is C14H18N4O5. The fourth-order valence-electron chi connectivity index (χ4n) is 2.44. The van der Waals surface area contributed by atoms with Gasteiger partial charge in [0.25, 0.3) is 5.69 Å². The number of methoxy groups -OCH3 is 1. The zero-order chi connectivity index (χ0) is 17.0. The molecule has 2 rings (SSSR count). The van der Waals surface area contributed by atoms with Crippen LogP contribution in [0.4, 0.5) is 11.4 Å². The van der Waals surface area contributed by atoms with Gasteiger partial charge in [-0.1, -0.05) is 0 Å². The number of nitrogens with two attached hydrogens (primary N) is 1. The van der Waals surface area contributed by atoms with E-state index in [1.165, 1.54) is 19.2 Å². The Bertz CT molecular complexity index is 634. The zero-order valence-corrected chi connectivity index (χ0v) is 12.7. The van der Waals surface area contributed by atoms with Crippen molar-refractivity contribution in [1.29, 1.82) is 0 Å². The van der Waals surface area contributed by atoms with E-state index in [9.17, 15) is 19.7 Å². The lowest BCUT2D eigenvalue weighted by molar-refractivity contribution is -0.384. The number of carbonyl (C=O) groups is 2. The number of amides is 2. The maximum absolute atomic E-state index is 11.8. The summed E-state index contributed by atoms with van der Waals surface area (Å²) in [4.78, 5) is 34.7. The number of ether oxygens (including phenoxy) is 1. The predicted octanol–water partition coefficient (Wildman–Crippen LogP) is 0.349. The molecule has 0 aliphatic carbocycles. The maximum Gasteiger partial charge on any atom is 0.273 e. The highest BCUT2D eigenvalue weighted by Crippen LogP contribution is 2.28. The highest BCUT2D eigenvalue weighted by Gasteiger charge is 2.32. The van der Waals surface area contributed by atoms with Crippen LogP contribution in [0.15, 0.2) is 18.2 Å². The van der Waals surface area contributed by atoms with Crippen molar-refractivity contribution in [2.45, 2.75) is 6.42 Å². The molecule has 0 unspecified atom stereocenters. The number of likely N-dealkylation sites (tertiary alicyclic amines) is 1. The molecule has 0 spiro atoms. The van der Waals surface area contributed by atoms with Gasteiger partial charge in [0.15, 0.2) is 0 Å². The lowest BCUT2D eigenvalue weighted by atomic mass is 10.1. The second-order valence-electron chi connectivity index (χ2n) is 5.21. The summed E-state index contributed by atoms with van der Waals surface area (Å²) < 4.78 is 5.12. The first-order chi connectivity index (χ1) is 10.9. The van der Waals surface area contributed by atoms with Gasteiger partial charge >= 0.3 is 0 Å². The Hall–Kier alpha value is -2.84. The number of anilines is 1. The molecule has 1 atom stereocenters. The summed E-state index contributed by atoms with van der Waals surface area (Å²) in [6, 6.07) is 4.25. The van der Waals surface area contributed by atoms with E-state index >= 15 is 0 Å². The van der Waals surface area contributed by atoms with Crippen LogP contribution in [0.3, 0.4) is 0 Å². The molecule has 1 fully saturated rings. The minimum Gasteiger partial charge on any atom is -0.494 e. The van der Waals surface area contributed by atoms with Crippen LogP contribution in [-0.4, -0.2) is 48.4 Å². The van der Waals surface area contributed by atoms with Crippen LogP contribution in [0.2, 0.25) is 0 Å². The van der Waals surface area contributed by atoms with Crippen LogP contribution >= 0.6 is 0 Å². The molecule has 1 aliphatic heterocycles. The minimum absolute atomic E-state index is 0.0635. The lowest BCUT2D eigenvalue weighted by Gasteiger charge is -2.17. The van der Waals surface area contributed by atoms with E-state index in [-0.39, 0.29) is 18.0 Å². The number of hydrogen-bond donors (Lipinski definition) is 2. The Kier molecular flexibility index (Phi) is 4.99. The lowest BCUT2D eigenvalue weighted by Crippen LogP contribution is -2.32. The molecule has 1 heterocycles. The molecule has 9 heteroatoms. The molecule has 124 valence electrons. The topological polar surface area (TPSA) is 128 Å². The molecule has 0 radical (unpaired) electrons. The molecule has 0 saturated carbocycles. The van der Waals surface area contributed by atoms with Crippen molar-refractivity contribution < 1.29 is 19.2 Å². The van der Waals surface area contributed by atoms with Gasteiger partial charge in [0.2, 0.25) is 11.8 Å². The average Bonchev–Trinajstić information content (AvgIpc) is 2.89. The maximum atomic E-state index is 11.8. The number of nitrogens with zero attached hydrogens (tertiary/aromatic N) is 2. The second kappa shape index (κ2) is 6.95. The van der Waals surface area contributed by atoms with Crippen molar-refractivity contribution in [3.63, 3.8) is 0 Å². The number of primary amides is 1. The van der Waals surface area contributed by atoms with E-state index < -0.39 is 16.7 Å². The third-order valence-electron chi connectivity index (χ3n) is 3.71. The Labute approximate surface area is 132 Å². The van der Waals surface area contributed by atoms with Crippen LogP contribution in [0, 0.1) is 16.0 Å². The van der Waals surface area contributed by atoms with Crippen LogP contribution in [0.5, 0.6) is 5.75 Å². The van der Waals surface area contributed by atoms with E-state index in [1.54, 1.807) is 11.0 Å². The van der Waals surface area contributed by atoms with Crippen molar-refractivity contribution in [3.8, 4) is 5.75 Å². The Morgan fingerprint density at radius 1 is 1.57 bits per heavy atom. The standard InChI is InChI=1S/C14H18N4O5/c1-23-12-7-10(18(21)22)2-3-11(12)16-4-5-17-8-9(14(15)20)6-13(17)19/h2-3,7,9,16H,4-6,8H2,1H3,(H2,15,20)/t9-/m1/s1. The average molecular weight is 322 g/mol. The van der Waals surface area contributed by atoms with Crippen molar-refractivity contribution in [2.75, 3.05) is 32.1 Å². The third-order valence-corrected chi connectivity index (χ3v) is 3.71. The number of non-ortho nitro benzene ring substituents is 1. The van der Waals surface area contributed by atoms with Crippen molar-refractivity contribution in [3.05, 3.63) is 28.3 Å². The molecular weight excluding hydrogens is 304 g/mol. The van der Waals surface area contributed by atoms with Gasteiger partial charge in [-0.25, -0.2) is 0 Å². The van der Waals surface area contributed by atoms with Crippen LogP contribution < -0.4 is 15.8 Å². The smallest absolute Gasteiger partial charge is 0.273 e.